The molecule has 0 aliphatic rings. The summed E-state index contributed by atoms with van der Waals surface area (Å²) < 4.78 is 74.6. The predicted octanol–water partition coefficient (Wildman–Crippen LogP) is 2.44. The van der Waals surface area contributed by atoms with E-state index in [0.29, 0.717) is 0 Å². The van der Waals surface area contributed by atoms with Crippen molar-refractivity contribution in [2.45, 2.75) is 19.3 Å². The summed E-state index contributed by atoms with van der Waals surface area (Å²) in [5.74, 6) is 0. The van der Waals surface area contributed by atoms with E-state index in [4.69, 9.17) is 5.21 Å². The van der Waals surface area contributed by atoms with Gasteiger partial charge in [-0.1, -0.05) is 0 Å². The highest BCUT2D eigenvalue weighted by molar-refractivity contribution is 5.49. The van der Waals surface area contributed by atoms with E-state index in [9.17, 15) is 31.5 Å². The third kappa shape index (κ3) is 2.92. The van der Waals surface area contributed by atoms with Crippen molar-refractivity contribution in [1.29, 1.82) is 0 Å². The van der Waals surface area contributed by atoms with Gasteiger partial charge in [-0.25, -0.2) is 5.21 Å². The number of quaternary nitrogens is 1. The van der Waals surface area contributed by atoms with Crippen molar-refractivity contribution in [2.24, 2.45) is 0 Å². The molecular weight excluding hydrogens is 268 g/mol. The van der Waals surface area contributed by atoms with Crippen molar-refractivity contribution in [1.82, 2.24) is 0 Å². The Morgan fingerprint density at radius 2 is 1.56 bits per heavy atom. The Morgan fingerprint density at radius 3 is 1.89 bits per heavy atom. The highest BCUT2D eigenvalue weighted by Crippen LogP contribution is 2.39. The lowest BCUT2D eigenvalue weighted by Gasteiger charge is -2.20. The molecule has 3 nitrogen and oxygen atoms in total. The number of hydrogen-bond donors (Lipinski definition) is 2. The summed E-state index contributed by atoms with van der Waals surface area (Å²) in [6.45, 7) is 0.812. The van der Waals surface area contributed by atoms with E-state index in [-0.39, 0.29) is 12.1 Å². The van der Waals surface area contributed by atoms with Crippen molar-refractivity contribution < 1.29 is 36.8 Å². The first-order valence-corrected chi connectivity index (χ1v) is 4.47. The van der Waals surface area contributed by atoms with Crippen LogP contribution in [0.3, 0.4) is 0 Å². The number of alkyl halides is 6. The van der Waals surface area contributed by atoms with Crippen LogP contribution in [0.5, 0.6) is 0 Å². The van der Waals surface area contributed by atoms with Gasteiger partial charge in [-0.3, -0.25) is 0 Å². The van der Waals surface area contributed by atoms with Gasteiger partial charge in [0.15, 0.2) is 5.69 Å². The summed E-state index contributed by atoms with van der Waals surface area (Å²) in [5, 5.41) is 17.4. The van der Waals surface area contributed by atoms with E-state index in [1.165, 1.54) is 0 Å². The average Bonchev–Trinajstić information content (AvgIpc) is 2.13. The molecular formula is C9H7F6NO2. The second-order valence-electron chi connectivity index (χ2n) is 3.50. The lowest BCUT2D eigenvalue weighted by atomic mass is 10.0. The zero-order valence-electron chi connectivity index (χ0n) is 8.78. The highest BCUT2D eigenvalue weighted by Gasteiger charge is 2.39. The molecule has 1 aromatic rings. The van der Waals surface area contributed by atoms with Gasteiger partial charge in [0.2, 0.25) is 0 Å². The van der Waals surface area contributed by atoms with Gasteiger partial charge in [0.1, 0.15) is 0 Å². The topological polar surface area (TPSA) is 47.7 Å². The molecule has 0 radical (unpaired) electrons. The Labute approximate surface area is 96.8 Å². The molecule has 0 aliphatic carbocycles. The summed E-state index contributed by atoms with van der Waals surface area (Å²) in [6.07, 6.45) is -10.1. The summed E-state index contributed by atoms with van der Waals surface area (Å²) >= 11 is 0. The van der Waals surface area contributed by atoms with Crippen LogP contribution in [0.25, 0.3) is 0 Å². The van der Waals surface area contributed by atoms with Gasteiger partial charge in [0, 0.05) is 11.6 Å². The quantitative estimate of drug-likeness (QED) is 0.611. The van der Waals surface area contributed by atoms with E-state index >= 15 is 0 Å². The minimum absolute atomic E-state index is 0.0955. The third-order valence-corrected chi connectivity index (χ3v) is 2.27. The van der Waals surface area contributed by atoms with Crippen molar-refractivity contribution in [3.05, 3.63) is 34.0 Å². The molecule has 1 rings (SSSR count). The van der Waals surface area contributed by atoms with Crippen LogP contribution in [-0.2, 0) is 12.4 Å². The van der Waals surface area contributed by atoms with Crippen molar-refractivity contribution in [2.75, 3.05) is 0 Å². The molecule has 1 atom stereocenters. The van der Waals surface area contributed by atoms with E-state index in [1.807, 2.05) is 0 Å². The molecule has 1 aromatic carbocycles. The molecule has 0 heterocycles. The second kappa shape index (κ2) is 4.41. The summed E-state index contributed by atoms with van der Waals surface area (Å²) in [5.41, 5.74) is -5.01. The zero-order valence-corrected chi connectivity index (χ0v) is 8.78. The van der Waals surface area contributed by atoms with Crippen LogP contribution in [-0.4, -0.2) is 5.21 Å². The first-order valence-electron chi connectivity index (χ1n) is 4.47. The molecule has 0 aliphatic heterocycles. The van der Waals surface area contributed by atoms with Crippen LogP contribution >= 0.6 is 0 Å². The van der Waals surface area contributed by atoms with Gasteiger partial charge in [-0.15, -0.1) is 0 Å². The molecule has 0 amide bonds. The fourth-order valence-corrected chi connectivity index (χ4v) is 1.39. The standard InChI is InChI=1S/C9H7F6NO2/c1-4-6(9(13,14)15)2-5(8(10,11)12)3-7(4)16(17)18/h2-3,16-17H,1H3. The van der Waals surface area contributed by atoms with E-state index < -0.39 is 40.0 Å². The Morgan fingerprint density at radius 1 is 1.06 bits per heavy atom. The van der Waals surface area contributed by atoms with Crippen molar-refractivity contribution >= 4 is 5.69 Å². The first kappa shape index (κ1) is 14.7. The number of rotatable bonds is 1. The monoisotopic (exact) mass is 275 g/mol. The Balaban J connectivity index is 3.58. The number of benzene rings is 1. The summed E-state index contributed by atoms with van der Waals surface area (Å²) in [6, 6.07) is 0.0919. The number of hydrogen-bond acceptors (Lipinski definition) is 2. The summed E-state index contributed by atoms with van der Waals surface area (Å²) in [7, 11) is 0. The first-order chi connectivity index (χ1) is 7.94. The highest BCUT2D eigenvalue weighted by atomic mass is 19.4. The fraction of sp³-hybridized carbons (Fsp3) is 0.333. The largest absolute Gasteiger partial charge is 0.595 e. The van der Waals surface area contributed by atoms with Crippen LogP contribution < -0.4 is 5.23 Å². The predicted molar refractivity (Wildman–Crippen MR) is 47.0 cm³/mol. The molecule has 0 spiro atoms. The lowest BCUT2D eigenvalue weighted by molar-refractivity contribution is -0.991. The van der Waals surface area contributed by atoms with Crippen LogP contribution in [0.1, 0.15) is 16.7 Å². The average molecular weight is 275 g/mol. The van der Waals surface area contributed by atoms with Crippen LogP contribution in [0, 0.1) is 12.1 Å². The van der Waals surface area contributed by atoms with Gasteiger partial charge < -0.3 is 5.21 Å². The molecule has 18 heavy (non-hydrogen) atoms. The molecule has 0 fully saturated rings. The van der Waals surface area contributed by atoms with Gasteiger partial charge in [-0.05, 0) is 13.0 Å². The molecule has 0 aromatic heterocycles. The minimum atomic E-state index is -5.05. The van der Waals surface area contributed by atoms with Crippen molar-refractivity contribution in [3.8, 4) is 0 Å². The smallest absolute Gasteiger partial charge is 0.416 e. The molecule has 2 N–H and O–H groups in total. The van der Waals surface area contributed by atoms with Gasteiger partial charge >= 0.3 is 12.4 Å². The molecule has 102 valence electrons. The van der Waals surface area contributed by atoms with Crippen molar-refractivity contribution in [3.63, 3.8) is 0 Å². The maximum atomic E-state index is 12.5. The number of nitrogens with one attached hydrogen (secondary N) is 1. The van der Waals surface area contributed by atoms with E-state index in [1.54, 1.807) is 0 Å². The molecule has 0 saturated carbocycles. The van der Waals surface area contributed by atoms with Crippen LogP contribution in [0.15, 0.2) is 12.1 Å². The second-order valence-corrected chi connectivity index (χ2v) is 3.50. The van der Waals surface area contributed by atoms with E-state index in [2.05, 4.69) is 0 Å². The molecule has 0 bridgehead atoms. The van der Waals surface area contributed by atoms with Gasteiger partial charge in [-0.2, -0.15) is 31.6 Å². The van der Waals surface area contributed by atoms with Crippen LogP contribution in [0.2, 0.25) is 0 Å². The maximum absolute atomic E-state index is 12.5. The minimum Gasteiger partial charge on any atom is -0.595 e. The van der Waals surface area contributed by atoms with E-state index in [0.717, 1.165) is 6.92 Å². The summed E-state index contributed by atoms with van der Waals surface area (Å²) in [4.78, 5) is 0. The van der Waals surface area contributed by atoms with Gasteiger partial charge in [0.25, 0.3) is 0 Å². The molecule has 1 unspecified atom stereocenters. The fourth-order valence-electron chi connectivity index (χ4n) is 1.39. The lowest BCUT2D eigenvalue weighted by Crippen LogP contribution is -2.99. The number of halogens is 6. The third-order valence-electron chi connectivity index (χ3n) is 2.27. The Hall–Kier alpha value is -1.32. The van der Waals surface area contributed by atoms with Gasteiger partial charge in [0.05, 0.1) is 11.1 Å². The molecule has 0 saturated heterocycles. The maximum Gasteiger partial charge on any atom is 0.416 e. The zero-order chi connectivity index (χ0) is 14.3. The Bertz CT molecular complexity index is 452. The molecule has 9 heteroatoms. The normalized spacial score (nSPS) is 14.7. The van der Waals surface area contributed by atoms with Crippen LogP contribution in [0.4, 0.5) is 32.0 Å². The Kier molecular flexibility index (Phi) is 3.61. The SMILES string of the molecule is Cc1c([NH+]([O-])O)cc(C(F)(F)F)cc1C(F)(F)F.